The van der Waals surface area contributed by atoms with Gasteiger partial charge in [-0.2, -0.15) is 0 Å². The average molecular weight is 456 g/mol. The number of aliphatic hydroxyl groups is 1. The SMILES string of the molecule is C[C@@H]1CN([C@@H](C)CO)C(=O)c2cc(-c3cccc(F)c3)cnc2O[C@H]1CN(C)C(=O)C1CC1. The summed E-state index contributed by atoms with van der Waals surface area (Å²) in [5.74, 6) is -0.390. The van der Waals surface area contributed by atoms with Crippen molar-refractivity contribution in [3.05, 3.63) is 47.9 Å². The van der Waals surface area contributed by atoms with Crippen LogP contribution >= 0.6 is 0 Å². The van der Waals surface area contributed by atoms with Crippen LogP contribution in [-0.4, -0.2) is 70.6 Å². The van der Waals surface area contributed by atoms with Gasteiger partial charge in [0, 0.05) is 37.2 Å². The van der Waals surface area contributed by atoms with E-state index >= 15 is 0 Å². The van der Waals surface area contributed by atoms with Gasteiger partial charge in [-0.05, 0) is 43.5 Å². The number of fused-ring (bicyclic) bond motifs is 1. The molecule has 8 heteroatoms. The van der Waals surface area contributed by atoms with Gasteiger partial charge in [-0.25, -0.2) is 9.37 Å². The number of nitrogens with zero attached hydrogens (tertiary/aromatic N) is 3. The Morgan fingerprint density at radius 3 is 2.76 bits per heavy atom. The van der Waals surface area contributed by atoms with Gasteiger partial charge in [0.15, 0.2) is 0 Å². The molecule has 176 valence electrons. The predicted molar refractivity (Wildman–Crippen MR) is 121 cm³/mol. The number of carbonyl (C=O) groups is 2. The van der Waals surface area contributed by atoms with E-state index < -0.39 is 6.04 Å². The third-order valence-corrected chi connectivity index (χ3v) is 6.44. The van der Waals surface area contributed by atoms with Crippen molar-refractivity contribution >= 4 is 11.8 Å². The maximum Gasteiger partial charge on any atom is 0.259 e. The molecule has 2 aliphatic rings. The number of halogens is 1. The summed E-state index contributed by atoms with van der Waals surface area (Å²) in [5.41, 5.74) is 1.44. The first-order valence-corrected chi connectivity index (χ1v) is 11.4. The lowest BCUT2D eigenvalue weighted by Gasteiger charge is -2.37. The van der Waals surface area contributed by atoms with Gasteiger partial charge >= 0.3 is 0 Å². The predicted octanol–water partition coefficient (Wildman–Crippen LogP) is 2.98. The minimum atomic E-state index is -0.407. The molecule has 1 aliphatic carbocycles. The molecule has 2 amide bonds. The van der Waals surface area contributed by atoms with E-state index in [1.807, 2.05) is 6.92 Å². The molecule has 33 heavy (non-hydrogen) atoms. The summed E-state index contributed by atoms with van der Waals surface area (Å²) in [5, 5.41) is 9.78. The first-order valence-electron chi connectivity index (χ1n) is 11.4. The summed E-state index contributed by atoms with van der Waals surface area (Å²) >= 11 is 0. The lowest BCUT2D eigenvalue weighted by Crippen LogP contribution is -2.50. The number of rotatable bonds is 6. The molecule has 4 rings (SSSR count). The van der Waals surface area contributed by atoms with Crippen molar-refractivity contribution < 1.29 is 23.8 Å². The van der Waals surface area contributed by atoms with Crippen LogP contribution in [0.5, 0.6) is 5.88 Å². The molecule has 0 radical (unpaired) electrons. The number of hydrogen-bond acceptors (Lipinski definition) is 5. The fraction of sp³-hybridized carbons (Fsp3) is 0.480. The Kier molecular flexibility index (Phi) is 6.65. The number of aliphatic hydroxyl groups excluding tert-OH is 1. The molecule has 0 bridgehead atoms. The van der Waals surface area contributed by atoms with Crippen LogP contribution in [0.4, 0.5) is 4.39 Å². The number of pyridine rings is 1. The fourth-order valence-electron chi connectivity index (χ4n) is 4.15. The molecule has 0 unspecified atom stereocenters. The summed E-state index contributed by atoms with van der Waals surface area (Å²) in [6.45, 7) is 4.31. The normalized spacial score (nSPS) is 21.5. The molecule has 2 aromatic rings. The second kappa shape index (κ2) is 9.47. The van der Waals surface area contributed by atoms with Gasteiger partial charge in [0.2, 0.25) is 11.8 Å². The Morgan fingerprint density at radius 1 is 1.33 bits per heavy atom. The Hall–Kier alpha value is -3.00. The Bertz CT molecular complexity index is 1040. The number of hydrogen-bond donors (Lipinski definition) is 1. The highest BCUT2D eigenvalue weighted by atomic mass is 19.1. The lowest BCUT2D eigenvalue weighted by atomic mass is 9.99. The van der Waals surface area contributed by atoms with Crippen molar-refractivity contribution in [2.24, 2.45) is 11.8 Å². The molecule has 7 nitrogen and oxygen atoms in total. The number of likely N-dealkylation sites (N-methyl/N-ethyl adjacent to an activating group) is 1. The molecule has 0 spiro atoms. The highest BCUT2D eigenvalue weighted by Crippen LogP contribution is 2.33. The summed E-state index contributed by atoms with van der Waals surface area (Å²) in [6.07, 6.45) is 3.02. The van der Waals surface area contributed by atoms with E-state index in [1.54, 1.807) is 48.2 Å². The number of ether oxygens (including phenoxy) is 1. The molecular formula is C25H30FN3O4. The molecule has 1 fully saturated rings. The largest absolute Gasteiger partial charge is 0.472 e. The topological polar surface area (TPSA) is 83.0 Å². The van der Waals surface area contributed by atoms with Crippen LogP contribution in [0.2, 0.25) is 0 Å². The zero-order valence-electron chi connectivity index (χ0n) is 19.2. The van der Waals surface area contributed by atoms with Crippen molar-refractivity contribution in [1.29, 1.82) is 0 Å². The van der Waals surface area contributed by atoms with Gasteiger partial charge in [0.05, 0.1) is 19.2 Å². The first kappa shape index (κ1) is 23.2. The Balaban J connectivity index is 1.70. The highest BCUT2D eigenvalue weighted by Gasteiger charge is 2.37. The van der Waals surface area contributed by atoms with Crippen molar-refractivity contribution in [3.63, 3.8) is 0 Å². The van der Waals surface area contributed by atoms with Crippen LogP contribution in [0.1, 0.15) is 37.0 Å². The lowest BCUT2D eigenvalue weighted by molar-refractivity contribution is -0.132. The molecule has 3 atom stereocenters. The van der Waals surface area contributed by atoms with E-state index in [1.165, 1.54) is 12.1 Å². The number of aromatic nitrogens is 1. The second-order valence-corrected chi connectivity index (χ2v) is 9.20. The van der Waals surface area contributed by atoms with Gasteiger partial charge in [-0.1, -0.05) is 19.1 Å². The number of amides is 2. The standard InChI is InChI=1S/C25H30FN3O4/c1-15-12-29(16(2)14-30)25(32)21-10-19(18-5-4-6-20(26)9-18)11-27-23(21)33-22(15)13-28(3)24(31)17-7-8-17/h4-6,9-11,15-17,22,30H,7-8,12-14H2,1-3H3/t15-,16+,22+/m1/s1. The van der Waals surface area contributed by atoms with Gasteiger partial charge in [0.25, 0.3) is 5.91 Å². The van der Waals surface area contributed by atoms with Crippen LogP contribution in [-0.2, 0) is 4.79 Å². The van der Waals surface area contributed by atoms with Crippen LogP contribution in [0.15, 0.2) is 36.5 Å². The zero-order valence-corrected chi connectivity index (χ0v) is 19.2. The van der Waals surface area contributed by atoms with E-state index in [4.69, 9.17) is 4.74 Å². The molecule has 1 aromatic heterocycles. The Morgan fingerprint density at radius 2 is 2.09 bits per heavy atom. The molecule has 0 saturated heterocycles. The third-order valence-electron chi connectivity index (χ3n) is 6.44. The summed E-state index contributed by atoms with van der Waals surface area (Å²) in [7, 11) is 1.77. The van der Waals surface area contributed by atoms with Crippen molar-refractivity contribution in [2.45, 2.75) is 38.8 Å². The molecule has 1 aliphatic heterocycles. The van der Waals surface area contributed by atoms with Crippen LogP contribution < -0.4 is 4.74 Å². The second-order valence-electron chi connectivity index (χ2n) is 9.20. The quantitative estimate of drug-likeness (QED) is 0.724. The fourth-order valence-corrected chi connectivity index (χ4v) is 4.15. The van der Waals surface area contributed by atoms with Crippen LogP contribution in [0.3, 0.4) is 0 Å². The monoisotopic (exact) mass is 455 g/mol. The van der Waals surface area contributed by atoms with E-state index in [0.717, 1.165) is 12.8 Å². The average Bonchev–Trinajstić information content (AvgIpc) is 3.65. The van der Waals surface area contributed by atoms with E-state index in [0.29, 0.717) is 24.2 Å². The summed E-state index contributed by atoms with van der Waals surface area (Å²) < 4.78 is 20.0. The third kappa shape index (κ3) is 5.00. The van der Waals surface area contributed by atoms with Gasteiger partial charge < -0.3 is 19.6 Å². The summed E-state index contributed by atoms with van der Waals surface area (Å²) in [4.78, 5) is 33.7. The van der Waals surface area contributed by atoms with E-state index in [2.05, 4.69) is 4.98 Å². The number of carbonyl (C=O) groups excluding carboxylic acids is 2. The van der Waals surface area contributed by atoms with Crippen molar-refractivity contribution in [1.82, 2.24) is 14.8 Å². The summed E-state index contributed by atoms with van der Waals surface area (Å²) in [6, 6.07) is 7.34. The van der Waals surface area contributed by atoms with Gasteiger partial charge in [-0.3, -0.25) is 9.59 Å². The Labute approximate surface area is 193 Å². The molecule has 1 saturated carbocycles. The van der Waals surface area contributed by atoms with Crippen LogP contribution in [0.25, 0.3) is 11.1 Å². The maximum absolute atomic E-state index is 13.8. The molecular weight excluding hydrogens is 425 g/mol. The van der Waals surface area contributed by atoms with Crippen molar-refractivity contribution in [3.8, 4) is 17.0 Å². The first-order chi connectivity index (χ1) is 15.8. The van der Waals surface area contributed by atoms with E-state index in [-0.39, 0.29) is 53.6 Å². The zero-order chi connectivity index (χ0) is 23.7. The minimum absolute atomic E-state index is 0.102. The van der Waals surface area contributed by atoms with Crippen molar-refractivity contribution in [2.75, 3.05) is 26.7 Å². The van der Waals surface area contributed by atoms with Gasteiger partial charge in [-0.15, -0.1) is 0 Å². The maximum atomic E-state index is 13.8. The molecule has 2 heterocycles. The number of benzene rings is 1. The van der Waals surface area contributed by atoms with Gasteiger partial charge in [0.1, 0.15) is 17.5 Å². The molecule has 1 aromatic carbocycles. The molecule has 1 N–H and O–H groups in total. The minimum Gasteiger partial charge on any atom is -0.472 e. The van der Waals surface area contributed by atoms with E-state index in [9.17, 15) is 19.1 Å². The van der Waals surface area contributed by atoms with Crippen LogP contribution in [0, 0.1) is 17.7 Å². The smallest absolute Gasteiger partial charge is 0.259 e. The highest BCUT2D eigenvalue weighted by molar-refractivity contribution is 5.98.